The highest BCUT2D eigenvalue weighted by atomic mass is 19.4. The van der Waals surface area contributed by atoms with Gasteiger partial charge in [-0.3, -0.25) is 0 Å². The van der Waals surface area contributed by atoms with E-state index in [0.717, 1.165) is 19.4 Å². The fraction of sp³-hybridized carbons (Fsp3) is 1.00. The monoisotopic (exact) mass is 227 g/mol. The van der Waals surface area contributed by atoms with Crippen molar-refractivity contribution in [2.75, 3.05) is 19.8 Å². The summed E-state index contributed by atoms with van der Waals surface area (Å²) in [6.45, 7) is 5.18. The molecule has 0 saturated carbocycles. The molecular formula is C10H20F3NO. The third-order valence-electron chi connectivity index (χ3n) is 2.01. The molecule has 0 saturated heterocycles. The second kappa shape index (κ2) is 7.93. The summed E-state index contributed by atoms with van der Waals surface area (Å²) in [5.41, 5.74) is 0. The number of hydrogen-bond donors (Lipinski definition) is 1. The van der Waals surface area contributed by atoms with Gasteiger partial charge in [-0.15, -0.1) is 0 Å². The molecule has 0 amide bonds. The topological polar surface area (TPSA) is 21.3 Å². The zero-order chi connectivity index (χ0) is 11.7. The summed E-state index contributed by atoms with van der Waals surface area (Å²) in [5, 5.41) is 3.23. The lowest BCUT2D eigenvalue weighted by atomic mass is 10.2. The van der Waals surface area contributed by atoms with Crippen LogP contribution >= 0.6 is 0 Å². The van der Waals surface area contributed by atoms with Gasteiger partial charge in [0.05, 0.1) is 13.0 Å². The van der Waals surface area contributed by atoms with E-state index in [0.29, 0.717) is 12.6 Å². The van der Waals surface area contributed by atoms with Crippen LogP contribution in [0.5, 0.6) is 0 Å². The third-order valence-corrected chi connectivity index (χ3v) is 2.01. The van der Waals surface area contributed by atoms with Crippen LogP contribution in [0.2, 0.25) is 0 Å². The molecule has 0 spiro atoms. The van der Waals surface area contributed by atoms with Crippen molar-refractivity contribution in [3.63, 3.8) is 0 Å². The summed E-state index contributed by atoms with van der Waals surface area (Å²) in [5.74, 6) is 0. The maximum Gasteiger partial charge on any atom is 0.391 e. The van der Waals surface area contributed by atoms with E-state index in [1.165, 1.54) is 0 Å². The normalized spacial score (nSPS) is 14.2. The maximum absolute atomic E-state index is 11.7. The van der Waals surface area contributed by atoms with Crippen molar-refractivity contribution in [3.8, 4) is 0 Å². The fourth-order valence-electron chi connectivity index (χ4n) is 1.23. The van der Waals surface area contributed by atoms with Crippen molar-refractivity contribution in [3.05, 3.63) is 0 Å². The molecule has 0 radical (unpaired) electrons. The molecule has 0 rings (SSSR count). The van der Waals surface area contributed by atoms with E-state index < -0.39 is 12.6 Å². The Bertz CT molecular complexity index is 150. The molecule has 1 unspecified atom stereocenters. The molecule has 0 aromatic rings. The Labute approximate surface area is 89.2 Å². The zero-order valence-corrected chi connectivity index (χ0v) is 9.36. The van der Waals surface area contributed by atoms with Crippen molar-refractivity contribution in [1.82, 2.24) is 5.32 Å². The molecule has 1 N–H and O–H groups in total. The Hall–Kier alpha value is -0.290. The van der Waals surface area contributed by atoms with Crippen LogP contribution in [0.1, 0.15) is 33.1 Å². The van der Waals surface area contributed by atoms with E-state index in [9.17, 15) is 13.2 Å². The highest BCUT2D eigenvalue weighted by molar-refractivity contribution is 4.58. The second-order valence-electron chi connectivity index (χ2n) is 3.58. The molecule has 0 aliphatic heterocycles. The lowest BCUT2D eigenvalue weighted by molar-refractivity contribution is -0.145. The zero-order valence-electron chi connectivity index (χ0n) is 9.36. The molecule has 1 atom stereocenters. The van der Waals surface area contributed by atoms with Crippen LogP contribution in [-0.2, 0) is 4.74 Å². The minimum Gasteiger partial charge on any atom is -0.381 e. The number of alkyl halides is 3. The Kier molecular flexibility index (Phi) is 7.78. The highest BCUT2D eigenvalue weighted by Crippen LogP contribution is 2.18. The standard InChI is InChI=1S/C10H20F3NO/c1-3-14-9(2)5-4-7-15-8-6-10(11,12)13/h9,14H,3-8H2,1-2H3. The van der Waals surface area contributed by atoms with Crippen molar-refractivity contribution < 1.29 is 17.9 Å². The molecule has 15 heavy (non-hydrogen) atoms. The number of halogens is 3. The van der Waals surface area contributed by atoms with E-state index in [1.807, 2.05) is 6.92 Å². The minimum absolute atomic E-state index is 0.223. The first-order valence-electron chi connectivity index (χ1n) is 5.33. The van der Waals surface area contributed by atoms with E-state index >= 15 is 0 Å². The molecular weight excluding hydrogens is 207 g/mol. The van der Waals surface area contributed by atoms with Crippen LogP contribution in [0.3, 0.4) is 0 Å². The second-order valence-corrected chi connectivity index (χ2v) is 3.58. The first kappa shape index (κ1) is 14.7. The van der Waals surface area contributed by atoms with Gasteiger partial charge in [-0.1, -0.05) is 6.92 Å². The molecule has 0 heterocycles. The van der Waals surface area contributed by atoms with Crippen LogP contribution in [0, 0.1) is 0 Å². The average molecular weight is 227 g/mol. The largest absolute Gasteiger partial charge is 0.391 e. The SMILES string of the molecule is CCNC(C)CCCOCCC(F)(F)F. The summed E-state index contributed by atoms with van der Waals surface area (Å²) in [6, 6.07) is 0.404. The third kappa shape index (κ3) is 11.6. The fourth-order valence-corrected chi connectivity index (χ4v) is 1.23. The quantitative estimate of drug-likeness (QED) is 0.644. The van der Waals surface area contributed by atoms with Gasteiger partial charge in [0.25, 0.3) is 0 Å². The van der Waals surface area contributed by atoms with Gasteiger partial charge >= 0.3 is 6.18 Å². The lowest BCUT2D eigenvalue weighted by Crippen LogP contribution is -2.25. The van der Waals surface area contributed by atoms with Crippen LogP contribution in [0.25, 0.3) is 0 Å². The van der Waals surface area contributed by atoms with E-state index in [2.05, 4.69) is 12.2 Å². The van der Waals surface area contributed by atoms with Gasteiger partial charge < -0.3 is 10.1 Å². The first-order valence-corrected chi connectivity index (χ1v) is 5.33. The summed E-state index contributed by atoms with van der Waals surface area (Å²) < 4.78 is 40.0. The van der Waals surface area contributed by atoms with Crippen molar-refractivity contribution >= 4 is 0 Å². The Morgan fingerprint density at radius 1 is 1.27 bits per heavy atom. The molecule has 0 fully saturated rings. The predicted molar refractivity (Wildman–Crippen MR) is 53.9 cm³/mol. The van der Waals surface area contributed by atoms with Crippen LogP contribution in [-0.4, -0.2) is 32.0 Å². The smallest absolute Gasteiger partial charge is 0.381 e. The number of nitrogens with one attached hydrogen (secondary N) is 1. The van der Waals surface area contributed by atoms with E-state index in [1.54, 1.807) is 0 Å². The van der Waals surface area contributed by atoms with Gasteiger partial charge in [0.1, 0.15) is 0 Å². The summed E-state index contributed by atoms with van der Waals surface area (Å²) in [7, 11) is 0. The van der Waals surface area contributed by atoms with Crippen LogP contribution in [0.4, 0.5) is 13.2 Å². The Balaban J connectivity index is 3.18. The lowest BCUT2D eigenvalue weighted by Gasteiger charge is -2.12. The number of rotatable bonds is 8. The summed E-state index contributed by atoms with van der Waals surface area (Å²) in [6.07, 6.45) is -3.22. The van der Waals surface area contributed by atoms with Gasteiger partial charge in [-0.2, -0.15) is 13.2 Å². The van der Waals surface area contributed by atoms with Crippen molar-refractivity contribution in [2.45, 2.75) is 45.3 Å². The summed E-state index contributed by atoms with van der Waals surface area (Å²) in [4.78, 5) is 0. The average Bonchev–Trinajstić information content (AvgIpc) is 2.09. The molecule has 0 aromatic heterocycles. The highest BCUT2D eigenvalue weighted by Gasteiger charge is 2.26. The Morgan fingerprint density at radius 2 is 1.93 bits per heavy atom. The maximum atomic E-state index is 11.7. The minimum atomic E-state index is -4.10. The van der Waals surface area contributed by atoms with Gasteiger partial charge in [0.2, 0.25) is 0 Å². The first-order chi connectivity index (χ1) is 6.95. The van der Waals surface area contributed by atoms with Gasteiger partial charge in [-0.25, -0.2) is 0 Å². The van der Waals surface area contributed by atoms with Gasteiger partial charge in [0.15, 0.2) is 0 Å². The van der Waals surface area contributed by atoms with Gasteiger partial charge in [-0.05, 0) is 26.3 Å². The van der Waals surface area contributed by atoms with Crippen LogP contribution in [0.15, 0.2) is 0 Å². The van der Waals surface area contributed by atoms with Crippen molar-refractivity contribution in [1.29, 1.82) is 0 Å². The van der Waals surface area contributed by atoms with E-state index in [-0.39, 0.29) is 6.61 Å². The molecule has 5 heteroatoms. The molecule has 0 bridgehead atoms. The Morgan fingerprint density at radius 3 is 2.47 bits per heavy atom. The van der Waals surface area contributed by atoms with Crippen molar-refractivity contribution in [2.24, 2.45) is 0 Å². The number of hydrogen-bond acceptors (Lipinski definition) is 2. The summed E-state index contributed by atoms with van der Waals surface area (Å²) >= 11 is 0. The number of ether oxygens (including phenoxy) is 1. The molecule has 0 aliphatic carbocycles. The van der Waals surface area contributed by atoms with E-state index in [4.69, 9.17) is 4.74 Å². The molecule has 0 aliphatic rings. The van der Waals surface area contributed by atoms with Crippen LogP contribution < -0.4 is 5.32 Å². The van der Waals surface area contributed by atoms with Gasteiger partial charge in [0, 0.05) is 12.6 Å². The predicted octanol–water partition coefficient (Wildman–Crippen LogP) is 2.73. The molecule has 2 nitrogen and oxygen atoms in total. The molecule has 0 aromatic carbocycles. The molecule has 92 valence electrons.